The molecule has 0 amide bonds. The maximum absolute atomic E-state index is 14.5. The quantitative estimate of drug-likeness (QED) is 0.505. The van der Waals surface area contributed by atoms with Crippen molar-refractivity contribution in [3.63, 3.8) is 0 Å². The van der Waals surface area contributed by atoms with Crippen LogP contribution >= 0.6 is 0 Å². The Balaban J connectivity index is 1.44. The van der Waals surface area contributed by atoms with E-state index in [2.05, 4.69) is 25.3 Å². The van der Waals surface area contributed by atoms with E-state index in [0.29, 0.717) is 11.4 Å². The van der Waals surface area contributed by atoms with Crippen LogP contribution in [0.15, 0.2) is 61.1 Å². The lowest BCUT2D eigenvalue weighted by Gasteiger charge is -2.21. The van der Waals surface area contributed by atoms with E-state index in [4.69, 9.17) is 9.72 Å². The van der Waals surface area contributed by atoms with Gasteiger partial charge in [-0.1, -0.05) is 12.1 Å². The number of rotatable bonds is 5. The van der Waals surface area contributed by atoms with Gasteiger partial charge in [0.25, 0.3) is 0 Å². The summed E-state index contributed by atoms with van der Waals surface area (Å²) in [6, 6.07) is 12.4. The Morgan fingerprint density at radius 3 is 2.79 bits per heavy atom. The molecule has 1 saturated heterocycles. The van der Waals surface area contributed by atoms with Crippen LogP contribution in [0.2, 0.25) is 0 Å². The second-order valence-electron chi connectivity index (χ2n) is 7.70. The van der Waals surface area contributed by atoms with E-state index in [0.717, 1.165) is 49.8 Å². The molecule has 1 aliphatic heterocycles. The number of pyridine rings is 1. The Kier molecular flexibility index (Phi) is 5.95. The third kappa shape index (κ3) is 4.40. The zero-order valence-electron chi connectivity index (χ0n) is 18.3. The lowest BCUT2D eigenvalue weighted by atomic mass is 10.1. The second kappa shape index (κ2) is 9.33. The maximum Gasteiger partial charge on any atom is 0.166 e. The van der Waals surface area contributed by atoms with Gasteiger partial charge in [0.15, 0.2) is 11.6 Å². The fourth-order valence-electron chi connectivity index (χ4n) is 3.90. The highest BCUT2D eigenvalue weighted by Gasteiger charge is 2.16. The topological polar surface area (TPSA) is 81.0 Å². The molecule has 0 aliphatic carbocycles. The number of halogens is 1. The van der Waals surface area contributed by atoms with Crippen molar-refractivity contribution in [2.45, 2.75) is 6.42 Å². The summed E-state index contributed by atoms with van der Waals surface area (Å²) in [5.41, 5.74) is 1.64. The molecule has 0 spiro atoms. The monoisotopic (exact) mass is 445 g/mol. The van der Waals surface area contributed by atoms with Gasteiger partial charge in [-0.3, -0.25) is 0 Å². The first-order valence-electron chi connectivity index (χ1n) is 10.9. The van der Waals surface area contributed by atoms with Gasteiger partial charge in [0.1, 0.15) is 17.4 Å². The number of ether oxygens (including phenoxy) is 1. The minimum Gasteiger partial charge on any atom is -0.496 e. The molecular formula is C24H24FN7O. The van der Waals surface area contributed by atoms with Crippen LogP contribution in [-0.2, 0) is 0 Å². The van der Waals surface area contributed by atoms with E-state index < -0.39 is 5.82 Å². The van der Waals surface area contributed by atoms with Gasteiger partial charge < -0.3 is 15.0 Å². The highest BCUT2D eigenvalue weighted by molar-refractivity contribution is 5.68. The molecule has 0 bridgehead atoms. The van der Waals surface area contributed by atoms with Gasteiger partial charge in [0, 0.05) is 37.6 Å². The highest BCUT2D eigenvalue weighted by atomic mass is 19.1. The first kappa shape index (κ1) is 21.0. The van der Waals surface area contributed by atoms with Crippen LogP contribution in [0.3, 0.4) is 0 Å². The smallest absolute Gasteiger partial charge is 0.166 e. The average molecular weight is 446 g/mol. The molecule has 1 N–H and O–H groups in total. The van der Waals surface area contributed by atoms with Crippen LogP contribution in [0, 0.1) is 5.82 Å². The number of anilines is 1. The standard InChI is InChI=1S/C24H24FN7O/c1-33-20-6-2-5-18(25)23(20)24-27-11-9-19(29-24)17-15-28-32(16-17)22-8-3-7-21(30-22)31-13-4-10-26-12-14-31/h2-3,5-9,11,15-16,26H,4,10,12-14H2,1H3. The van der Waals surface area contributed by atoms with Crippen molar-refractivity contribution in [1.29, 1.82) is 0 Å². The lowest BCUT2D eigenvalue weighted by Crippen LogP contribution is -2.28. The molecule has 4 heterocycles. The van der Waals surface area contributed by atoms with Gasteiger partial charge in [0.2, 0.25) is 0 Å². The normalized spacial score (nSPS) is 14.2. The largest absolute Gasteiger partial charge is 0.496 e. The minimum atomic E-state index is -0.438. The summed E-state index contributed by atoms with van der Waals surface area (Å²) in [5, 5.41) is 7.90. The third-order valence-electron chi connectivity index (χ3n) is 5.57. The first-order chi connectivity index (χ1) is 16.2. The van der Waals surface area contributed by atoms with Crippen LogP contribution in [0.5, 0.6) is 5.75 Å². The van der Waals surface area contributed by atoms with Crippen LogP contribution in [0.25, 0.3) is 28.5 Å². The van der Waals surface area contributed by atoms with Crippen LogP contribution in [-0.4, -0.2) is 58.0 Å². The molecule has 0 saturated carbocycles. The van der Waals surface area contributed by atoms with Crippen molar-refractivity contribution >= 4 is 5.82 Å². The van der Waals surface area contributed by atoms with E-state index in [1.54, 1.807) is 35.3 Å². The second-order valence-corrected chi connectivity index (χ2v) is 7.70. The molecule has 5 rings (SSSR count). The molecule has 1 aromatic carbocycles. The Morgan fingerprint density at radius 2 is 1.88 bits per heavy atom. The summed E-state index contributed by atoms with van der Waals surface area (Å²) in [5.74, 6) is 1.86. The molecule has 168 valence electrons. The predicted octanol–water partition coefficient (Wildman–Crippen LogP) is 3.34. The highest BCUT2D eigenvalue weighted by Crippen LogP contribution is 2.31. The van der Waals surface area contributed by atoms with E-state index >= 15 is 0 Å². The number of nitrogens with zero attached hydrogens (tertiary/aromatic N) is 6. The molecule has 3 aromatic heterocycles. The van der Waals surface area contributed by atoms with Crippen LogP contribution < -0.4 is 15.0 Å². The molecule has 0 unspecified atom stereocenters. The van der Waals surface area contributed by atoms with Crippen molar-refractivity contribution in [3.05, 3.63) is 66.9 Å². The van der Waals surface area contributed by atoms with Crippen molar-refractivity contribution < 1.29 is 9.13 Å². The van der Waals surface area contributed by atoms with Gasteiger partial charge in [-0.15, -0.1) is 0 Å². The summed E-state index contributed by atoms with van der Waals surface area (Å²) < 4.78 is 21.5. The van der Waals surface area contributed by atoms with Gasteiger partial charge >= 0.3 is 0 Å². The van der Waals surface area contributed by atoms with E-state index in [-0.39, 0.29) is 11.4 Å². The number of nitrogens with one attached hydrogen (secondary N) is 1. The van der Waals surface area contributed by atoms with Crippen molar-refractivity contribution in [2.24, 2.45) is 0 Å². The van der Waals surface area contributed by atoms with Gasteiger partial charge in [-0.2, -0.15) is 5.10 Å². The summed E-state index contributed by atoms with van der Waals surface area (Å²) in [4.78, 5) is 15.9. The van der Waals surface area contributed by atoms with E-state index in [1.165, 1.54) is 13.2 Å². The number of methoxy groups -OCH3 is 1. The van der Waals surface area contributed by atoms with Gasteiger partial charge in [0.05, 0.1) is 24.6 Å². The summed E-state index contributed by atoms with van der Waals surface area (Å²) in [6.45, 7) is 3.86. The fourth-order valence-corrected chi connectivity index (χ4v) is 3.90. The minimum absolute atomic E-state index is 0.232. The third-order valence-corrected chi connectivity index (χ3v) is 5.57. The molecule has 0 radical (unpaired) electrons. The van der Waals surface area contributed by atoms with E-state index in [1.807, 2.05) is 24.4 Å². The molecular weight excluding hydrogens is 421 g/mol. The number of benzene rings is 1. The summed E-state index contributed by atoms with van der Waals surface area (Å²) in [6.07, 6.45) is 6.27. The zero-order chi connectivity index (χ0) is 22.6. The Morgan fingerprint density at radius 1 is 1.00 bits per heavy atom. The van der Waals surface area contributed by atoms with Crippen molar-refractivity contribution in [3.8, 4) is 34.2 Å². The number of hydrogen-bond donors (Lipinski definition) is 1. The Bertz CT molecular complexity index is 1250. The van der Waals surface area contributed by atoms with Crippen LogP contribution in [0.4, 0.5) is 10.2 Å². The van der Waals surface area contributed by atoms with Gasteiger partial charge in [-0.05, 0) is 43.3 Å². The van der Waals surface area contributed by atoms with Crippen LogP contribution in [0.1, 0.15) is 6.42 Å². The Hall–Kier alpha value is -3.85. The molecule has 0 atom stereocenters. The molecule has 33 heavy (non-hydrogen) atoms. The van der Waals surface area contributed by atoms with E-state index in [9.17, 15) is 4.39 Å². The Labute approximate surface area is 191 Å². The summed E-state index contributed by atoms with van der Waals surface area (Å²) in [7, 11) is 1.50. The molecule has 1 fully saturated rings. The predicted molar refractivity (Wildman–Crippen MR) is 124 cm³/mol. The molecule has 9 heteroatoms. The zero-order valence-corrected chi connectivity index (χ0v) is 18.3. The molecule has 1 aliphatic rings. The van der Waals surface area contributed by atoms with Gasteiger partial charge in [-0.25, -0.2) is 24.0 Å². The molecule has 8 nitrogen and oxygen atoms in total. The SMILES string of the molecule is COc1cccc(F)c1-c1nccc(-c2cnn(-c3cccc(N4CCCNCC4)n3)c2)n1. The fraction of sp³-hybridized carbons (Fsp3) is 0.250. The summed E-state index contributed by atoms with van der Waals surface area (Å²) >= 11 is 0. The average Bonchev–Trinajstić information content (AvgIpc) is 3.19. The maximum atomic E-state index is 14.5. The number of hydrogen-bond acceptors (Lipinski definition) is 7. The van der Waals surface area contributed by atoms with Crippen molar-refractivity contribution in [1.82, 2.24) is 30.0 Å². The first-order valence-corrected chi connectivity index (χ1v) is 10.9. The van der Waals surface area contributed by atoms with Crippen molar-refractivity contribution in [2.75, 3.05) is 38.2 Å². The lowest BCUT2D eigenvalue weighted by molar-refractivity contribution is 0.413. The molecule has 4 aromatic rings. The number of aromatic nitrogens is 5.